The predicted molar refractivity (Wildman–Crippen MR) is 81.7 cm³/mol. The maximum atomic E-state index is 12.9. The van der Waals surface area contributed by atoms with E-state index < -0.39 is 20.5 Å². The highest BCUT2D eigenvalue weighted by molar-refractivity contribution is 7.93. The van der Waals surface area contributed by atoms with Crippen LogP contribution in [0.25, 0.3) is 0 Å². The molecule has 0 radical (unpaired) electrons. The van der Waals surface area contributed by atoms with Crippen molar-refractivity contribution < 1.29 is 13.2 Å². The van der Waals surface area contributed by atoms with Crippen molar-refractivity contribution in [2.24, 2.45) is 0 Å². The maximum absolute atomic E-state index is 12.9. The van der Waals surface area contributed by atoms with Gasteiger partial charge in [-0.25, -0.2) is 8.42 Å². The predicted octanol–water partition coefficient (Wildman–Crippen LogP) is 2.18. The van der Waals surface area contributed by atoms with Crippen molar-refractivity contribution in [1.29, 1.82) is 0 Å². The summed E-state index contributed by atoms with van der Waals surface area (Å²) in [6.07, 6.45) is 7.16. The van der Waals surface area contributed by atoms with E-state index in [2.05, 4.69) is 11.2 Å². The highest BCUT2D eigenvalue weighted by Crippen LogP contribution is 2.40. The molecular weight excluding hydrogens is 310 g/mol. The van der Waals surface area contributed by atoms with E-state index in [9.17, 15) is 13.2 Å². The van der Waals surface area contributed by atoms with Gasteiger partial charge in [0.25, 0.3) is 0 Å². The van der Waals surface area contributed by atoms with Gasteiger partial charge in [0, 0.05) is 5.02 Å². The Balaban J connectivity index is 2.44. The molecule has 1 fully saturated rings. The molecule has 0 unspecified atom stereocenters. The number of hydrogen-bond acceptors (Lipinski definition) is 3. The van der Waals surface area contributed by atoms with Gasteiger partial charge in [0.15, 0.2) is 14.6 Å². The van der Waals surface area contributed by atoms with Crippen LogP contribution in [0.1, 0.15) is 25.7 Å². The lowest BCUT2D eigenvalue weighted by Gasteiger charge is -2.27. The van der Waals surface area contributed by atoms with E-state index in [1.807, 2.05) is 0 Å². The fourth-order valence-electron chi connectivity index (χ4n) is 2.70. The summed E-state index contributed by atoms with van der Waals surface area (Å²) >= 11 is 5.79. The van der Waals surface area contributed by atoms with E-state index in [0.29, 0.717) is 30.7 Å². The summed E-state index contributed by atoms with van der Waals surface area (Å²) in [7, 11) is -3.79. The molecule has 1 N–H and O–H groups in total. The van der Waals surface area contributed by atoms with E-state index in [-0.39, 0.29) is 11.4 Å². The molecule has 1 saturated carbocycles. The Kier molecular flexibility index (Phi) is 4.60. The van der Waals surface area contributed by atoms with Crippen LogP contribution in [-0.4, -0.2) is 25.6 Å². The van der Waals surface area contributed by atoms with E-state index in [1.165, 1.54) is 24.3 Å². The molecule has 1 aromatic rings. The summed E-state index contributed by atoms with van der Waals surface area (Å²) < 4.78 is 24.4. The van der Waals surface area contributed by atoms with Gasteiger partial charge in [-0.3, -0.25) is 4.79 Å². The molecule has 1 aromatic carbocycles. The van der Waals surface area contributed by atoms with Crippen LogP contribution in [0.5, 0.6) is 0 Å². The number of carbonyl (C=O) groups excluding carboxylic acids is 1. The molecule has 0 heterocycles. The molecule has 0 spiro atoms. The van der Waals surface area contributed by atoms with Crippen LogP contribution in [0.4, 0.5) is 0 Å². The Morgan fingerprint density at radius 2 is 1.86 bits per heavy atom. The third kappa shape index (κ3) is 2.78. The number of terminal acetylenes is 1. The maximum Gasteiger partial charge on any atom is 0.242 e. The molecule has 0 aromatic heterocycles. The Hall–Kier alpha value is -1.51. The average molecular weight is 326 g/mol. The lowest BCUT2D eigenvalue weighted by atomic mass is 10.1. The van der Waals surface area contributed by atoms with Gasteiger partial charge in [-0.15, -0.1) is 6.42 Å². The van der Waals surface area contributed by atoms with E-state index in [1.54, 1.807) is 0 Å². The van der Waals surface area contributed by atoms with Crippen LogP contribution < -0.4 is 5.32 Å². The zero-order chi connectivity index (χ0) is 15.5. The summed E-state index contributed by atoms with van der Waals surface area (Å²) in [6, 6.07) is 5.89. The molecule has 0 atom stereocenters. The van der Waals surface area contributed by atoms with Gasteiger partial charge in [-0.1, -0.05) is 30.4 Å². The van der Waals surface area contributed by atoms with Crippen molar-refractivity contribution in [3.63, 3.8) is 0 Å². The number of benzene rings is 1. The molecule has 21 heavy (non-hydrogen) atoms. The van der Waals surface area contributed by atoms with Crippen molar-refractivity contribution in [1.82, 2.24) is 5.32 Å². The van der Waals surface area contributed by atoms with Crippen LogP contribution in [0.3, 0.4) is 0 Å². The van der Waals surface area contributed by atoms with Crippen LogP contribution >= 0.6 is 11.6 Å². The first-order valence-corrected chi connectivity index (χ1v) is 8.52. The van der Waals surface area contributed by atoms with Gasteiger partial charge in [0.1, 0.15) is 0 Å². The molecule has 1 amide bonds. The molecular formula is C15H16ClNO3S. The molecule has 0 bridgehead atoms. The summed E-state index contributed by atoms with van der Waals surface area (Å²) in [5.74, 6) is 1.79. The second kappa shape index (κ2) is 6.08. The average Bonchev–Trinajstić information content (AvgIpc) is 2.96. The van der Waals surface area contributed by atoms with Gasteiger partial charge < -0.3 is 5.32 Å². The molecule has 6 heteroatoms. The van der Waals surface area contributed by atoms with Crippen LogP contribution in [0, 0.1) is 12.3 Å². The number of carbonyl (C=O) groups is 1. The van der Waals surface area contributed by atoms with Crippen molar-refractivity contribution in [2.45, 2.75) is 35.3 Å². The molecule has 112 valence electrons. The quantitative estimate of drug-likeness (QED) is 0.863. The lowest BCUT2D eigenvalue weighted by molar-refractivity contribution is -0.123. The first-order chi connectivity index (χ1) is 9.94. The summed E-state index contributed by atoms with van der Waals surface area (Å²) in [6.45, 7) is 0.0245. The number of amides is 1. The minimum absolute atomic E-state index is 0.0245. The smallest absolute Gasteiger partial charge is 0.242 e. The topological polar surface area (TPSA) is 63.2 Å². The minimum Gasteiger partial charge on any atom is -0.344 e. The Morgan fingerprint density at radius 3 is 2.38 bits per heavy atom. The highest BCUT2D eigenvalue weighted by atomic mass is 35.5. The highest BCUT2D eigenvalue weighted by Gasteiger charge is 2.52. The van der Waals surface area contributed by atoms with Crippen molar-refractivity contribution in [3.8, 4) is 12.3 Å². The molecule has 1 aliphatic rings. The summed E-state index contributed by atoms with van der Waals surface area (Å²) in [5.41, 5.74) is 0. The number of sulfone groups is 1. The number of nitrogens with one attached hydrogen (secondary N) is 1. The number of halogens is 1. The van der Waals surface area contributed by atoms with Crippen molar-refractivity contribution in [3.05, 3.63) is 29.3 Å². The van der Waals surface area contributed by atoms with E-state index in [4.69, 9.17) is 18.0 Å². The molecule has 0 saturated heterocycles. The van der Waals surface area contributed by atoms with Crippen molar-refractivity contribution >= 4 is 27.3 Å². The zero-order valence-corrected chi connectivity index (χ0v) is 13.0. The second-order valence-corrected chi connectivity index (χ2v) is 7.74. The third-order valence-corrected chi connectivity index (χ3v) is 6.58. The van der Waals surface area contributed by atoms with Gasteiger partial charge >= 0.3 is 0 Å². The van der Waals surface area contributed by atoms with Gasteiger partial charge in [0.05, 0.1) is 11.4 Å². The normalized spacial score (nSPS) is 17.1. The first kappa shape index (κ1) is 15.9. The Morgan fingerprint density at radius 1 is 1.29 bits per heavy atom. The molecule has 0 aliphatic heterocycles. The Labute approximate surface area is 129 Å². The van der Waals surface area contributed by atoms with Gasteiger partial charge in [-0.2, -0.15) is 0 Å². The summed E-state index contributed by atoms with van der Waals surface area (Å²) in [4.78, 5) is 12.5. The van der Waals surface area contributed by atoms with E-state index in [0.717, 1.165) is 0 Å². The number of hydrogen-bond donors (Lipinski definition) is 1. The second-order valence-electron chi connectivity index (χ2n) is 5.05. The fourth-order valence-corrected chi connectivity index (χ4v) is 4.91. The fraction of sp³-hybridized carbons (Fsp3) is 0.400. The van der Waals surface area contributed by atoms with Gasteiger partial charge in [-0.05, 0) is 37.1 Å². The van der Waals surface area contributed by atoms with Gasteiger partial charge in [0.2, 0.25) is 5.91 Å². The van der Waals surface area contributed by atoms with Crippen LogP contribution in [0.2, 0.25) is 5.02 Å². The summed E-state index contributed by atoms with van der Waals surface area (Å²) in [5, 5.41) is 2.97. The first-order valence-electron chi connectivity index (χ1n) is 6.66. The standard InChI is InChI=1S/C15H16ClNO3S/c1-2-11-17-14(18)15(9-3-4-10-15)21(19,20)13-7-5-12(16)6-8-13/h1,5-8H,3-4,9-11H2,(H,17,18). The SMILES string of the molecule is C#CCNC(=O)C1(S(=O)(=O)c2ccc(Cl)cc2)CCCC1. The zero-order valence-electron chi connectivity index (χ0n) is 11.4. The molecule has 4 nitrogen and oxygen atoms in total. The third-order valence-electron chi connectivity index (χ3n) is 3.81. The molecule has 2 rings (SSSR count). The largest absolute Gasteiger partial charge is 0.344 e. The monoisotopic (exact) mass is 325 g/mol. The van der Waals surface area contributed by atoms with Crippen molar-refractivity contribution in [2.75, 3.05) is 6.54 Å². The number of rotatable bonds is 4. The minimum atomic E-state index is -3.79. The lowest BCUT2D eigenvalue weighted by Crippen LogP contribution is -2.50. The van der Waals surface area contributed by atoms with E-state index >= 15 is 0 Å². The Bertz CT molecular complexity index is 668. The molecule has 1 aliphatic carbocycles. The van der Waals surface area contributed by atoms with Crippen LogP contribution in [-0.2, 0) is 14.6 Å². The van der Waals surface area contributed by atoms with Crippen LogP contribution in [0.15, 0.2) is 29.2 Å².